The van der Waals surface area contributed by atoms with Crippen molar-refractivity contribution in [3.05, 3.63) is 71.8 Å². The number of carbonyl (C=O) groups is 2. The van der Waals surface area contributed by atoms with Gasteiger partial charge in [0, 0.05) is 20.0 Å². The molecule has 0 bridgehead atoms. The molecule has 1 saturated carbocycles. The van der Waals surface area contributed by atoms with Gasteiger partial charge in [-0.3, -0.25) is 4.79 Å². The minimum Gasteiger partial charge on any atom is -0.458 e. The van der Waals surface area contributed by atoms with Crippen molar-refractivity contribution in [3.63, 3.8) is 0 Å². The summed E-state index contributed by atoms with van der Waals surface area (Å²) in [6.45, 7) is 13.6. The third-order valence-corrected chi connectivity index (χ3v) is 7.68. The van der Waals surface area contributed by atoms with E-state index in [0.29, 0.717) is 24.0 Å². The van der Waals surface area contributed by atoms with E-state index in [2.05, 4.69) is 12.7 Å². The summed E-state index contributed by atoms with van der Waals surface area (Å²) >= 11 is 0. The normalized spacial score (nSPS) is 33.5. The zero-order valence-electron chi connectivity index (χ0n) is 22.3. The van der Waals surface area contributed by atoms with Crippen LogP contribution in [0.5, 0.6) is 0 Å². The number of ether oxygens (including phenoxy) is 3. The van der Waals surface area contributed by atoms with E-state index in [9.17, 15) is 14.7 Å². The number of carbonyl (C=O) groups excluding carboxylic acids is 2. The van der Waals surface area contributed by atoms with Crippen LogP contribution in [0.1, 0.15) is 64.2 Å². The number of rotatable bonds is 5. The molecule has 1 N–H and O–H groups in total. The van der Waals surface area contributed by atoms with Crippen molar-refractivity contribution in [1.29, 1.82) is 0 Å². The lowest BCUT2D eigenvalue weighted by Gasteiger charge is -2.37. The fourth-order valence-electron chi connectivity index (χ4n) is 5.56. The summed E-state index contributed by atoms with van der Waals surface area (Å²) in [5.41, 5.74) is 0.197. The average molecular weight is 497 g/mol. The minimum atomic E-state index is -1.37. The zero-order valence-corrected chi connectivity index (χ0v) is 22.3. The number of methoxy groups -OCH3 is 1. The molecule has 0 heterocycles. The molecule has 6 nitrogen and oxygen atoms in total. The van der Waals surface area contributed by atoms with Crippen molar-refractivity contribution in [3.8, 4) is 0 Å². The SMILES string of the molecule is C=C1CC[C@H](C(C)(C)OC)/C=C/C(C)=C\[C@@]2(O)C[C@H](C)[C@H](OC(=O)c3ccccc3)[C@@H]2[C@H]1OC(C)=O. The van der Waals surface area contributed by atoms with Crippen LogP contribution >= 0.6 is 0 Å². The van der Waals surface area contributed by atoms with Crippen LogP contribution in [0.25, 0.3) is 0 Å². The van der Waals surface area contributed by atoms with Gasteiger partial charge in [0.05, 0.1) is 22.7 Å². The molecule has 0 amide bonds. The van der Waals surface area contributed by atoms with Crippen LogP contribution in [0.3, 0.4) is 0 Å². The van der Waals surface area contributed by atoms with E-state index in [4.69, 9.17) is 14.2 Å². The predicted molar refractivity (Wildman–Crippen MR) is 139 cm³/mol. The first-order valence-electron chi connectivity index (χ1n) is 12.6. The van der Waals surface area contributed by atoms with E-state index in [1.165, 1.54) is 6.92 Å². The van der Waals surface area contributed by atoms with E-state index >= 15 is 0 Å². The number of hydrogen-bond acceptors (Lipinski definition) is 6. The monoisotopic (exact) mass is 496 g/mol. The van der Waals surface area contributed by atoms with Crippen LogP contribution in [0, 0.1) is 17.8 Å². The average Bonchev–Trinajstić information content (AvgIpc) is 3.04. The highest BCUT2D eigenvalue weighted by Gasteiger charge is 2.57. The maximum atomic E-state index is 13.0. The summed E-state index contributed by atoms with van der Waals surface area (Å²) in [7, 11) is 1.69. The quantitative estimate of drug-likeness (QED) is 0.433. The first-order valence-corrected chi connectivity index (χ1v) is 12.6. The molecular weight excluding hydrogens is 456 g/mol. The standard InChI is InChI=1S/C30H40O6/c1-19-13-15-24(29(5,6)34-7)16-14-20(2)26(35-22(4)31)25-27(21(3)18-30(25,33)17-19)36-28(32)23-11-9-8-10-12-23/h8-13,15,17,21,24-27,33H,2,14,16,18H2,1,3-7H3/b15-13+,19-17-/t21-,24+,25-,26-,27-,30+/m0/s1. The lowest BCUT2D eigenvalue weighted by Crippen LogP contribution is -2.47. The van der Waals surface area contributed by atoms with E-state index < -0.39 is 41.3 Å². The van der Waals surface area contributed by atoms with Gasteiger partial charge in [-0.05, 0) is 69.7 Å². The Balaban J connectivity index is 2.06. The third kappa shape index (κ3) is 6.16. The van der Waals surface area contributed by atoms with E-state index in [1.54, 1.807) is 31.4 Å². The zero-order chi connectivity index (χ0) is 26.7. The number of aliphatic hydroxyl groups is 1. The highest BCUT2D eigenvalue weighted by Crippen LogP contribution is 2.48. The van der Waals surface area contributed by atoms with Gasteiger partial charge in [-0.15, -0.1) is 0 Å². The Morgan fingerprint density at radius 3 is 2.44 bits per heavy atom. The predicted octanol–water partition coefficient (Wildman–Crippen LogP) is 5.42. The van der Waals surface area contributed by atoms with Gasteiger partial charge in [0.25, 0.3) is 0 Å². The van der Waals surface area contributed by atoms with Gasteiger partial charge in [-0.25, -0.2) is 4.79 Å². The molecule has 0 aliphatic heterocycles. The molecule has 36 heavy (non-hydrogen) atoms. The summed E-state index contributed by atoms with van der Waals surface area (Å²) in [6, 6.07) is 8.77. The smallest absolute Gasteiger partial charge is 0.338 e. The second-order valence-corrected chi connectivity index (χ2v) is 10.8. The molecule has 1 aromatic carbocycles. The summed E-state index contributed by atoms with van der Waals surface area (Å²) in [5, 5.41) is 12.0. The number of esters is 2. The Bertz CT molecular complexity index is 1020. The van der Waals surface area contributed by atoms with Crippen molar-refractivity contribution in [2.45, 2.75) is 77.3 Å². The highest BCUT2D eigenvalue weighted by atomic mass is 16.6. The van der Waals surface area contributed by atoms with Crippen molar-refractivity contribution in [2.75, 3.05) is 7.11 Å². The number of allylic oxidation sites excluding steroid dienone is 2. The van der Waals surface area contributed by atoms with Crippen molar-refractivity contribution < 1.29 is 28.9 Å². The van der Waals surface area contributed by atoms with Gasteiger partial charge in [0.2, 0.25) is 0 Å². The molecule has 1 fully saturated rings. The van der Waals surface area contributed by atoms with Crippen molar-refractivity contribution in [1.82, 2.24) is 0 Å². The molecule has 0 unspecified atom stereocenters. The van der Waals surface area contributed by atoms with Crippen molar-refractivity contribution >= 4 is 11.9 Å². The van der Waals surface area contributed by atoms with Crippen LogP contribution in [-0.2, 0) is 19.0 Å². The molecule has 6 heteroatoms. The Labute approximate surface area is 215 Å². The second-order valence-electron chi connectivity index (χ2n) is 10.8. The van der Waals surface area contributed by atoms with Crippen LogP contribution in [0.4, 0.5) is 0 Å². The largest absolute Gasteiger partial charge is 0.458 e. The summed E-state index contributed by atoms with van der Waals surface area (Å²) in [4.78, 5) is 25.3. The lowest BCUT2D eigenvalue weighted by atomic mass is 9.79. The molecule has 6 atom stereocenters. The maximum Gasteiger partial charge on any atom is 0.338 e. The number of fused-ring (bicyclic) bond motifs is 1. The Hall–Kier alpha value is -2.70. The van der Waals surface area contributed by atoms with E-state index in [1.807, 2.05) is 45.9 Å². The fraction of sp³-hybridized carbons (Fsp3) is 0.533. The Kier molecular flexibility index (Phi) is 8.63. The highest BCUT2D eigenvalue weighted by molar-refractivity contribution is 5.89. The summed E-state index contributed by atoms with van der Waals surface area (Å²) < 4.78 is 17.6. The summed E-state index contributed by atoms with van der Waals surface area (Å²) in [5.74, 6) is -1.75. The van der Waals surface area contributed by atoms with E-state index in [-0.39, 0.29) is 11.8 Å². The molecule has 2 aliphatic carbocycles. The third-order valence-electron chi connectivity index (χ3n) is 7.68. The molecule has 0 aromatic heterocycles. The second kappa shape index (κ2) is 11.1. The van der Waals surface area contributed by atoms with Gasteiger partial charge in [-0.1, -0.05) is 49.4 Å². The van der Waals surface area contributed by atoms with Gasteiger partial charge >= 0.3 is 11.9 Å². The topological polar surface area (TPSA) is 82.1 Å². The molecule has 0 spiro atoms. The van der Waals surface area contributed by atoms with Gasteiger partial charge in [0.15, 0.2) is 0 Å². The number of benzene rings is 1. The number of hydrogen-bond donors (Lipinski definition) is 1. The molecule has 0 radical (unpaired) electrons. The molecule has 1 aromatic rings. The maximum absolute atomic E-state index is 13.0. The lowest BCUT2D eigenvalue weighted by molar-refractivity contribution is -0.153. The molecule has 3 rings (SSSR count). The van der Waals surface area contributed by atoms with Crippen molar-refractivity contribution in [2.24, 2.45) is 17.8 Å². The Morgan fingerprint density at radius 2 is 1.83 bits per heavy atom. The van der Waals surface area contributed by atoms with E-state index in [0.717, 1.165) is 12.0 Å². The van der Waals surface area contributed by atoms with Gasteiger partial charge < -0.3 is 19.3 Å². The van der Waals surface area contributed by atoms with Gasteiger partial charge in [-0.2, -0.15) is 0 Å². The molecule has 0 saturated heterocycles. The molecule has 2 aliphatic rings. The van der Waals surface area contributed by atoms with Gasteiger partial charge in [0.1, 0.15) is 12.2 Å². The van der Waals surface area contributed by atoms with Crippen LogP contribution < -0.4 is 0 Å². The first-order chi connectivity index (χ1) is 16.9. The molecule has 196 valence electrons. The fourth-order valence-corrected chi connectivity index (χ4v) is 5.56. The van der Waals surface area contributed by atoms with Crippen LogP contribution in [0.15, 0.2) is 66.3 Å². The molecular formula is C30H40O6. The van der Waals surface area contributed by atoms with Crippen LogP contribution in [-0.4, -0.2) is 47.6 Å². The Morgan fingerprint density at radius 1 is 1.17 bits per heavy atom. The first kappa shape index (κ1) is 27.9. The van der Waals surface area contributed by atoms with Crippen LogP contribution in [0.2, 0.25) is 0 Å². The minimum absolute atomic E-state index is 0.0683. The summed E-state index contributed by atoms with van der Waals surface area (Å²) in [6.07, 6.45) is 6.06.